The lowest BCUT2D eigenvalue weighted by molar-refractivity contribution is -0.0771. The third kappa shape index (κ3) is 10.7. The molecule has 0 saturated carbocycles. The SMILES string of the molecule is O=C(OC[C@@H](C[C@@H](OC(=O)c1ccccc1)[C@@H](COC(=O)c1ccccc1)OC(=O)c1ccccc1)OC(=O)c1ccccc1)c1ccccc1. The first kappa shape index (κ1) is 35.7. The summed E-state index contributed by atoms with van der Waals surface area (Å²) >= 11 is 0. The van der Waals surface area contributed by atoms with Crippen LogP contribution in [0.1, 0.15) is 58.2 Å². The third-order valence-corrected chi connectivity index (χ3v) is 7.53. The van der Waals surface area contributed by atoms with Gasteiger partial charge in [-0.3, -0.25) is 0 Å². The average molecular weight is 687 g/mol. The maximum atomic E-state index is 13.5. The Balaban J connectivity index is 1.47. The van der Waals surface area contributed by atoms with Crippen LogP contribution in [0, 0.1) is 0 Å². The summed E-state index contributed by atoms with van der Waals surface area (Å²) in [6.07, 6.45) is -4.32. The maximum Gasteiger partial charge on any atom is 0.338 e. The molecule has 5 aromatic rings. The van der Waals surface area contributed by atoms with Crippen LogP contribution in [0.15, 0.2) is 152 Å². The molecule has 10 heteroatoms. The van der Waals surface area contributed by atoms with Crippen molar-refractivity contribution < 1.29 is 47.7 Å². The molecule has 0 aliphatic carbocycles. The van der Waals surface area contributed by atoms with E-state index in [4.69, 9.17) is 23.7 Å². The van der Waals surface area contributed by atoms with Gasteiger partial charge in [-0.15, -0.1) is 0 Å². The van der Waals surface area contributed by atoms with Gasteiger partial charge < -0.3 is 23.7 Å². The molecule has 0 heterocycles. The summed E-state index contributed by atoms with van der Waals surface area (Å²) in [5.41, 5.74) is 1.10. The molecule has 0 N–H and O–H groups in total. The number of benzene rings is 5. The van der Waals surface area contributed by atoms with E-state index in [2.05, 4.69) is 0 Å². The minimum absolute atomic E-state index is 0.185. The number of ether oxygens (including phenoxy) is 5. The van der Waals surface area contributed by atoms with Crippen molar-refractivity contribution >= 4 is 29.8 Å². The molecule has 5 rings (SSSR count). The predicted octanol–water partition coefficient (Wildman–Crippen LogP) is 6.77. The summed E-state index contributed by atoms with van der Waals surface area (Å²) in [5.74, 6) is -3.71. The Morgan fingerprint density at radius 1 is 0.353 bits per heavy atom. The zero-order chi connectivity index (χ0) is 35.8. The van der Waals surface area contributed by atoms with Crippen molar-refractivity contribution in [2.75, 3.05) is 13.2 Å². The molecular formula is C41H34O10. The molecule has 258 valence electrons. The summed E-state index contributed by atoms with van der Waals surface area (Å²) in [4.78, 5) is 66.1. The number of hydrogen-bond acceptors (Lipinski definition) is 10. The van der Waals surface area contributed by atoms with Crippen molar-refractivity contribution in [3.05, 3.63) is 179 Å². The Morgan fingerprint density at radius 3 is 1.02 bits per heavy atom. The van der Waals surface area contributed by atoms with E-state index < -0.39 is 61.4 Å². The van der Waals surface area contributed by atoms with E-state index in [1.807, 2.05) is 0 Å². The second kappa shape index (κ2) is 18.3. The van der Waals surface area contributed by atoms with Crippen molar-refractivity contribution in [2.45, 2.75) is 24.7 Å². The Kier molecular flexibility index (Phi) is 12.8. The van der Waals surface area contributed by atoms with Crippen LogP contribution < -0.4 is 0 Å². The van der Waals surface area contributed by atoms with E-state index in [-0.39, 0.29) is 34.2 Å². The van der Waals surface area contributed by atoms with Crippen molar-refractivity contribution in [3.8, 4) is 0 Å². The van der Waals surface area contributed by atoms with Crippen molar-refractivity contribution in [1.82, 2.24) is 0 Å². The standard InChI is InChI=1S/C41H34O10/c42-37(29-16-6-1-7-17-29)47-27-34(49-39(44)31-20-10-3-11-21-31)26-35(50-40(45)32-22-12-4-13-23-32)36(51-41(46)33-24-14-5-15-25-33)28-48-38(43)30-18-8-2-9-19-30/h1-25,34-36H,26-28H2/t34-,35-,36-/m1/s1. The molecule has 0 aliphatic heterocycles. The zero-order valence-corrected chi connectivity index (χ0v) is 27.4. The van der Waals surface area contributed by atoms with Gasteiger partial charge in [0.15, 0.2) is 6.10 Å². The highest BCUT2D eigenvalue weighted by atomic mass is 16.6. The Morgan fingerprint density at radius 2 is 0.647 bits per heavy atom. The van der Waals surface area contributed by atoms with Crippen LogP contribution in [0.5, 0.6) is 0 Å². The maximum absolute atomic E-state index is 13.5. The number of rotatable bonds is 15. The number of carbonyl (C=O) groups is 5. The first-order valence-corrected chi connectivity index (χ1v) is 16.1. The monoisotopic (exact) mass is 686 g/mol. The van der Waals surface area contributed by atoms with Crippen molar-refractivity contribution in [2.24, 2.45) is 0 Å². The van der Waals surface area contributed by atoms with Gasteiger partial charge in [0.25, 0.3) is 0 Å². The van der Waals surface area contributed by atoms with Crippen LogP contribution in [-0.4, -0.2) is 61.4 Å². The largest absolute Gasteiger partial charge is 0.458 e. The van der Waals surface area contributed by atoms with Gasteiger partial charge in [-0.1, -0.05) is 91.0 Å². The lowest BCUT2D eigenvalue weighted by Gasteiger charge is -2.29. The molecule has 5 aromatic carbocycles. The van der Waals surface area contributed by atoms with Gasteiger partial charge in [0, 0.05) is 6.42 Å². The number of esters is 5. The fourth-order valence-electron chi connectivity index (χ4n) is 4.90. The lowest BCUT2D eigenvalue weighted by Crippen LogP contribution is -2.43. The van der Waals surface area contributed by atoms with Gasteiger partial charge in [0.05, 0.1) is 27.8 Å². The Bertz CT molecular complexity index is 1880. The lowest BCUT2D eigenvalue weighted by atomic mass is 10.1. The first-order valence-electron chi connectivity index (χ1n) is 16.1. The molecule has 0 saturated heterocycles. The van der Waals surface area contributed by atoms with Crippen LogP contribution in [0.25, 0.3) is 0 Å². The number of carbonyl (C=O) groups excluding carboxylic acids is 5. The molecule has 51 heavy (non-hydrogen) atoms. The predicted molar refractivity (Wildman–Crippen MR) is 185 cm³/mol. The fraction of sp³-hybridized carbons (Fsp3) is 0.146. The van der Waals surface area contributed by atoms with Crippen molar-refractivity contribution in [3.63, 3.8) is 0 Å². The first-order chi connectivity index (χ1) is 24.9. The van der Waals surface area contributed by atoms with Crippen LogP contribution in [0.3, 0.4) is 0 Å². The highest BCUT2D eigenvalue weighted by Crippen LogP contribution is 2.21. The smallest absolute Gasteiger partial charge is 0.338 e. The summed E-state index contributed by atoms with van der Waals surface area (Å²) in [6.45, 7) is -0.989. The van der Waals surface area contributed by atoms with Crippen LogP contribution in [-0.2, 0) is 23.7 Å². The van der Waals surface area contributed by atoms with E-state index >= 15 is 0 Å². The Labute approximate surface area is 294 Å². The molecule has 0 amide bonds. The second-order valence-electron chi connectivity index (χ2n) is 11.2. The van der Waals surface area contributed by atoms with Crippen LogP contribution in [0.2, 0.25) is 0 Å². The second-order valence-corrected chi connectivity index (χ2v) is 11.2. The molecule has 0 spiro atoms. The molecule has 0 fully saturated rings. The van der Waals surface area contributed by atoms with Crippen molar-refractivity contribution in [1.29, 1.82) is 0 Å². The normalized spacial score (nSPS) is 12.3. The van der Waals surface area contributed by atoms with E-state index in [0.29, 0.717) is 0 Å². The van der Waals surface area contributed by atoms with Gasteiger partial charge in [-0.2, -0.15) is 0 Å². The molecule has 0 bridgehead atoms. The highest BCUT2D eigenvalue weighted by Gasteiger charge is 2.35. The van der Waals surface area contributed by atoms with E-state index in [1.165, 1.54) is 24.3 Å². The summed E-state index contributed by atoms with van der Waals surface area (Å²) in [7, 11) is 0. The molecule has 0 aromatic heterocycles. The van der Waals surface area contributed by atoms with E-state index in [1.54, 1.807) is 127 Å². The topological polar surface area (TPSA) is 132 Å². The third-order valence-electron chi connectivity index (χ3n) is 7.53. The molecular weight excluding hydrogens is 652 g/mol. The van der Waals surface area contributed by atoms with E-state index in [0.717, 1.165) is 0 Å². The van der Waals surface area contributed by atoms with Gasteiger partial charge in [0.2, 0.25) is 0 Å². The Hall–Kier alpha value is -6.55. The van der Waals surface area contributed by atoms with Gasteiger partial charge in [0.1, 0.15) is 25.4 Å². The molecule has 0 radical (unpaired) electrons. The fourth-order valence-corrected chi connectivity index (χ4v) is 4.90. The van der Waals surface area contributed by atoms with Gasteiger partial charge in [-0.25, -0.2) is 24.0 Å². The molecule has 0 aliphatic rings. The van der Waals surface area contributed by atoms with Gasteiger partial charge in [-0.05, 0) is 60.7 Å². The number of hydrogen-bond donors (Lipinski definition) is 0. The summed E-state index contributed by atoms with van der Waals surface area (Å²) in [5, 5.41) is 0. The quantitative estimate of drug-likeness (QED) is 0.0859. The van der Waals surface area contributed by atoms with Crippen LogP contribution in [0.4, 0.5) is 0 Å². The molecule has 0 unspecified atom stereocenters. The van der Waals surface area contributed by atoms with Crippen LogP contribution >= 0.6 is 0 Å². The summed E-state index contributed by atoms with van der Waals surface area (Å²) in [6, 6.07) is 40.7. The van der Waals surface area contributed by atoms with E-state index in [9.17, 15) is 24.0 Å². The minimum atomic E-state index is -1.40. The zero-order valence-electron chi connectivity index (χ0n) is 27.4. The minimum Gasteiger partial charge on any atom is -0.458 e. The molecule has 10 nitrogen and oxygen atoms in total. The highest BCUT2D eigenvalue weighted by molar-refractivity contribution is 5.92. The summed E-state index contributed by atoms with van der Waals surface area (Å²) < 4.78 is 28.8. The van der Waals surface area contributed by atoms with Gasteiger partial charge >= 0.3 is 29.8 Å². The average Bonchev–Trinajstić information content (AvgIpc) is 3.19. The molecule has 3 atom stereocenters.